The Hall–Kier alpha value is -0.130. The molecule has 0 bridgehead atoms. The van der Waals surface area contributed by atoms with Gasteiger partial charge in [-0.1, -0.05) is 33.6 Å². The molecule has 1 aliphatic heterocycles. The van der Waals surface area contributed by atoms with Crippen LogP contribution >= 0.6 is 0 Å². The lowest BCUT2D eigenvalue weighted by Gasteiger charge is -2.01. The summed E-state index contributed by atoms with van der Waals surface area (Å²) in [6.07, 6.45) is 2.53. The molecule has 0 amide bonds. The fraction of sp³-hybridized carbons (Fsp3) is 1.00. The average molecular weight is 210 g/mol. The van der Waals surface area contributed by atoms with Crippen molar-refractivity contribution in [1.82, 2.24) is 0 Å². The van der Waals surface area contributed by atoms with Gasteiger partial charge < -0.3 is 0 Å². The zero-order chi connectivity index (χ0) is 10.3. The zero-order valence-corrected chi connectivity index (χ0v) is 9.26. The maximum Gasteiger partial charge on any atom is 0.400 e. The van der Waals surface area contributed by atoms with Crippen molar-refractivity contribution < 1.29 is 16.8 Å². The van der Waals surface area contributed by atoms with Gasteiger partial charge in [0.1, 0.15) is 6.10 Å². The molecule has 4 nitrogen and oxygen atoms in total. The Balaban J connectivity index is 0.000000671. The van der Waals surface area contributed by atoms with Gasteiger partial charge in [0.15, 0.2) is 0 Å². The normalized spacial score (nSPS) is 25.0. The number of hydrogen-bond donors (Lipinski definition) is 0. The highest BCUT2D eigenvalue weighted by molar-refractivity contribution is 7.82. The van der Waals surface area contributed by atoms with Gasteiger partial charge in [0, 0.05) is 0 Å². The maximum absolute atomic E-state index is 10.6. The van der Waals surface area contributed by atoms with E-state index in [0.717, 1.165) is 19.3 Å². The largest absolute Gasteiger partial charge is 0.400 e. The summed E-state index contributed by atoms with van der Waals surface area (Å²) in [5, 5.41) is 0. The van der Waals surface area contributed by atoms with Crippen LogP contribution in [-0.4, -0.2) is 21.1 Å². The lowest BCUT2D eigenvalue weighted by Crippen LogP contribution is -2.09. The Morgan fingerprint density at radius 3 is 2.38 bits per heavy atom. The molecule has 80 valence electrons. The monoisotopic (exact) mass is 210 g/mol. The summed E-state index contributed by atoms with van der Waals surface area (Å²) in [4.78, 5) is 0. The van der Waals surface area contributed by atoms with Crippen molar-refractivity contribution >= 4 is 10.4 Å². The van der Waals surface area contributed by atoms with Crippen molar-refractivity contribution in [3.05, 3.63) is 0 Å². The van der Waals surface area contributed by atoms with Crippen LogP contribution in [0, 0.1) is 0 Å². The van der Waals surface area contributed by atoms with E-state index in [2.05, 4.69) is 8.37 Å². The highest BCUT2D eigenvalue weighted by Gasteiger charge is 2.28. The first-order valence-electron chi connectivity index (χ1n) is 4.71. The van der Waals surface area contributed by atoms with Crippen LogP contribution in [0.25, 0.3) is 0 Å². The van der Waals surface area contributed by atoms with Crippen LogP contribution in [0.15, 0.2) is 0 Å². The smallest absolute Gasteiger partial charge is 0.245 e. The Labute approximate surface area is 80.6 Å². The molecule has 1 heterocycles. The Morgan fingerprint density at radius 1 is 1.38 bits per heavy atom. The first-order chi connectivity index (χ1) is 6.14. The van der Waals surface area contributed by atoms with Crippen molar-refractivity contribution in [2.45, 2.75) is 46.1 Å². The highest BCUT2D eigenvalue weighted by Crippen LogP contribution is 2.17. The van der Waals surface area contributed by atoms with Gasteiger partial charge in [-0.3, -0.25) is 0 Å². The van der Waals surface area contributed by atoms with Gasteiger partial charge >= 0.3 is 10.4 Å². The lowest BCUT2D eigenvalue weighted by molar-refractivity contribution is 0.220. The summed E-state index contributed by atoms with van der Waals surface area (Å²) in [5.41, 5.74) is 0. The van der Waals surface area contributed by atoms with Gasteiger partial charge in [0.25, 0.3) is 0 Å². The van der Waals surface area contributed by atoms with Gasteiger partial charge in [-0.2, -0.15) is 8.42 Å². The molecular formula is C8H18O4S. The zero-order valence-electron chi connectivity index (χ0n) is 8.45. The summed E-state index contributed by atoms with van der Waals surface area (Å²) in [5.74, 6) is 0. The predicted molar refractivity (Wildman–Crippen MR) is 50.6 cm³/mol. The third-order valence-corrected chi connectivity index (χ3v) is 2.46. The van der Waals surface area contributed by atoms with Crippen LogP contribution in [0.3, 0.4) is 0 Å². The van der Waals surface area contributed by atoms with Crippen LogP contribution < -0.4 is 0 Å². The van der Waals surface area contributed by atoms with E-state index < -0.39 is 10.4 Å². The molecule has 1 fully saturated rings. The Kier molecular flexibility index (Phi) is 6.28. The van der Waals surface area contributed by atoms with Gasteiger partial charge in [-0.05, 0) is 6.42 Å². The minimum absolute atomic E-state index is 0.183. The van der Waals surface area contributed by atoms with Gasteiger partial charge in [-0.25, -0.2) is 8.37 Å². The second kappa shape index (κ2) is 6.34. The van der Waals surface area contributed by atoms with Crippen molar-refractivity contribution in [3.63, 3.8) is 0 Å². The van der Waals surface area contributed by atoms with Crippen molar-refractivity contribution in [1.29, 1.82) is 0 Å². The van der Waals surface area contributed by atoms with Crippen molar-refractivity contribution in [2.24, 2.45) is 0 Å². The summed E-state index contributed by atoms with van der Waals surface area (Å²) in [6.45, 7) is 6.23. The van der Waals surface area contributed by atoms with Crippen LogP contribution in [-0.2, 0) is 18.8 Å². The molecule has 1 saturated heterocycles. The molecule has 1 unspecified atom stereocenters. The summed E-state index contributed by atoms with van der Waals surface area (Å²) in [6, 6.07) is 0. The van der Waals surface area contributed by atoms with Crippen LogP contribution in [0.2, 0.25) is 0 Å². The fourth-order valence-electron chi connectivity index (χ4n) is 0.945. The van der Waals surface area contributed by atoms with E-state index in [1.54, 1.807) is 0 Å². The number of rotatable bonds is 3. The molecule has 1 rings (SSSR count). The van der Waals surface area contributed by atoms with E-state index in [1.165, 1.54) is 0 Å². The van der Waals surface area contributed by atoms with Crippen molar-refractivity contribution in [2.75, 3.05) is 6.61 Å². The third-order valence-electron chi connectivity index (χ3n) is 1.53. The molecule has 0 N–H and O–H groups in total. The van der Waals surface area contributed by atoms with E-state index in [1.807, 2.05) is 20.8 Å². The van der Waals surface area contributed by atoms with Crippen LogP contribution in [0.5, 0.6) is 0 Å². The lowest BCUT2D eigenvalue weighted by atomic mass is 10.2. The van der Waals surface area contributed by atoms with Crippen molar-refractivity contribution in [3.8, 4) is 0 Å². The van der Waals surface area contributed by atoms with E-state index in [9.17, 15) is 8.42 Å². The minimum Gasteiger partial charge on any atom is -0.245 e. The average Bonchev–Trinajstić information content (AvgIpc) is 2.46. The molecule has 0 radical (unpaired) electrons. The van der Waals surface area contributed by atoms with E-state index >= 15 is 0 Å². The van der Waals surface area contributed by atoms with E-state index in [-0.39, 0.29) is 12.7 Å². The van der Waals surface area contributed by atoms with Crippen LogP contribution in [0.1, 0.15) is 40.0 Å². The summed E-state index contributed by atoms with van der Waals surface area (Å²) >= 11 is 0. The highest BCUT2D eigenvalue weighted by atomic mass is 32.3. The Bertz CT molecular complexity index is 210. The minimum atomic E-state index is -3.63. The second-order valence-corrected chi connectivity index (χ2v) is 3.80. The molecule has 1 atom stereocenters. The first-order valence-corrected chi connectivity index (χ1v) is 6.05. The molecule has 13 heavy (non-hydrogen) atoms. The molecule has 0 saturated carbocycles. The predicted octanol–water partition coefficient (Wildman–Crippen LogP) is 1.86. The quantitative estimate of drug-likeness (QED) is 0.713. The molecular weight excluding hydrogens is 192 g/mol. The SMILES string of the molecule is CC.CCCCC1COS(=O)(=O)O1. The molecule has 0 aromatic rings. The molecule has 5 heteroatoms. The molecule has 0 aromatic carbocycles. The second-order valence-electron chi connectivity index (χ2n) is 2.55. The summed E-state index contributed by atoms with van der Waals surface area (Å²) in [7, 11) is -3.63. The Morgan fingerprint density at radius 2 is 2.00 bits per heavy atom. The molecule has 1 aliphatic rings. The standard InChI is InChI=1S/C6H12O4S.C2H6/c1-2-3-4-6-5-9-11(7,8)10-6;1-2/h6H,2-5H2,1H3;1-2H3. The number of unbranched alkanes of at least 4 members (excludes halogenated alkanes) is 1. The number of hydrogen-bond acceptors (Lipinski definition) is 4. The maximum atomic E-state index is 10.6. The van der Waals surface area contributed by atoms with Gasteiger partial charge in [-0.15, -0.1) is 0 Å². The topological polar surface area (TPSA) is 52.6 Å². The molecule has 0 spiro atoms. The van der Waals surface area contributed by atoms with E-state index in [0.29, 0.717) is 0 Å². The van der Waals surface area contributed by atoms with Gasteiger partial charge in [0.05, 0.1) is 6.61 Å². The fourth-order valence-corrected chi connectivity index (χ4v) is 1.80. The van der Waals surface area contributed by atoms with Crippen LogP contribution in [0.4, 0.5) is 0 Å². The summed E-state index contributed by atoms with van der Waals surface area (Å²) < 4.78 is 30.1. The third kappa shape index (κ3) is 5.23. The first kappa shape index (κ1) is 12.9. The molecule has 0 aliphatic carbocycles. The van der Waals surface area contributed by atoms with Gasteiger partial charge in [0.2, 0.25) is 0 Å². The van der Waals surface area contributed by atoms with E-state index in [4.69, 9.17) is 0 Å². The molecule has 0 aromatic heterocycles.